The van der Waals surface area contributed by atoms with Crippen LogP contribution in [0.15, 0.2) is 35.5 Å². The van der Waals surface area contributed by atoms with Crippen LogP contribution in [-0.4, -0.2) is 46.8 Å². The summed E-state index contributed by atoms with van der Waals surface area (Å²) < 4.78 is 40.1. The Bertz CT molecular complexity index is 1430. The van der Waals surface area contributed by atoms with Crippen LogP contribution in [0, 0.1) is 24.1 Å². The van der Waals surface area contributed by atoms with Gasteiger partial charge in [0.15, 0.2) is 9.84 Å². The lowest BCUT2D eigenvalue weighted by molar-refractivity contribution is 0.102. The average Bonchev–Trinajstić information content (AvgIpc) is 2.72. The van der Waals surface area contributed by atoms with Crippen LogP contribution in [-0.2, 0) is 15.4 Å². The van der Waals surface area contributed by atoms with Crippen molar-refractivity contribution < 1.29 is 27.5 Å². The first-order valence-corrected chi connectivity index (χ1v) is 12.4. The Labute approximate surface area is 200 Å². The Hall–Kier alpha value is -3.85. The number of carbonyl (C=O) groups is 2. The summed E-state index contributed by atoms with van der Waals surface area (Å²) in [6.07, 6.45) is 0.879. The molecule has 1 saturated carbocycles. The Balaban J connectivity index is 1.72. The summed E-state index contributed by atoms with van der Waals surface area (Å²) in [6.45, 7) is 3.03. The summed E-state index contributed by atoms with van der Waals surface area (Å²) in [7, 11) is -3.89. The maximum atomic E-state index is 15.0. The number of hydrogen-bond donors (Lipinski definition) is 3. The lowest BCUT2D eigenvalue weighted by atomic mass is 9.82. The second-order valence-corrected chi connectivity index (χ2v) is 11.2. The number of amidine groups is 1. The number of aromatic nitrogens is 1. The Kier molecular flexibility index (Phi) is 5.84. The molecule has 1 atom stereocenters. The summed E-state index contributed by atoms with van der Waals surface area (Å²) >= 11 is 0. The fourth-order valence-electron chi connectivity index (χ4n) is 4.54. The average molecular weight is 500 g/mol. The molecule has 1 aromatic heterocycles. The maximum Gasteiger partial charge on any atom is 0.410 e. The zero-order chi connectivity index (χ0) is 25.6. The van der Waals surface area contributed by atoms with Crippen LogP contribution < -0.4 is 10.6 Å². The maximum absolute atomic E-state index is 15.0. The molecule has 1 unspecified atom stereocenters. The lowest BCUT2D eigenvalue weighted by Gasteiger charge is -2.47. The van der Waals surface area contributed by atoms with E-state index >= 15 is 0 Å². The van der Waals surface area contributed by atoms with E-state index in [9.17, 15) is 27.5 Å². The van der Waals surface area contributed by atoms with E-state index in [2.05, 4.69) is 20.6 Å². The minimum atomic E-state index is -3.89. The minimum absolute atomic E-state index is 0.0687. The zero-order valence-corrected chi connectivity index (χ0v) is 19.7. The van der Waals surface area contributed by atoms with Gasteiger partial charge in [-0.25, -0.2) is 22.6 Å². The van der Waals surface area contributed by atoms with Crippen molar-refractivity contribution in [2.45, 2.75) is 43.4 Å². The first kappa shape index (κ1) is 24.3. The van der Waals surface area contributed by atoms with E-state index in [0.29, 0.717) is 17.5 Å². The zero-order valence-electron chi connectivity index (χ0n) is 18.9. The molecule has 1 aliphatic carbocycles. The predicted molar refractivity (Wildman–Crippen MR) is 124 cm³/mol. The number of halogens is 1. The van der Waals surface area contributed by atoms with Crippen molar-refractivity contribution in [3.8, 4) is 6.07 Å². The molecule has 4 rings (SSSR count). The van der Waals surface area contributed by atoms with Crippen molar-refractivity contribution in [1.82, 2.24) is 10.3 Å². The van der Waals surface area contributed by atoms with E-state index in [1.54, 1.807) is 6.92 Å². The van der Waals surface area contributed by atoms with Crippen molar-refractivity contribution in [1.29, 1.82) is 5.26 Å². The molecule has 0 radical (unpaired) electrons. The molecule has 2 aromatic rings. The highest BCUT2D eigenvalue weighted by molar-refractivity contribution is 7.93. The van der Waals surface area contributed by atoms with Gasteiger partial charge in [0.05, 0.1) is 11.3 Å². The van der Waals surface area contributed by atoms with Crippen LogP contribution in [0.2, 0.25) is 0 Å². The standard InChI is InChI=1S/C23H22FN5O5S/c1-13-8-14(10-25)11-26-18(13)19(30)27-15-4-5-17(24)16(9-15)22(2)12-35(33,34)23(6-3-7-23)20(29-22)28-21(31)32/h4-5,8-9,11H,3,6-7,12H2,1-2H3,(H,27,30)(H,28,29)(H,31,32). The Morgan fingerprint density at radius 3 is 2.51 bits per heavy atom. The summed E-state index contributed by atoms with van der Waals surface area (Å²) in [5, 5.41) is 23.0. The second kappa shape index (κ2) is 8.42. The van der Waals surface area contributed by atoms with Gasteiger partial charge in [-0.15, -0.1) is 0 Å². The molecule has 2 amide bonds. The summed E-state index contributed by atoms with van der Waals surface area (Å²) in [4.78, 5) is 32.5. The molecule has 182 valence electrons. The van der Waals surface area contributed by atoms with E-state index in [4.69, 9.17) is 5.26 Å². The molecule has 10 nitrogen and oxygen atoms in total. The van der Waals surface area contributed by atoms with E-state index in [1.807, 2.05) is 6.07 Å². The molecule has 0 saturated heterocycles. The number of sulfone groups is 1. The number of anilines is 1. The third-order valence-electron chi connectivity index (χ3n) is 6.47. The number of aryl methyl sites for hydroxylation is 1. The molecule has 12 heteroatoms. The lowest BCUT2D eigenvalue weighted by Crippen LogP contribution is -2.63. The molecule has 0 bridgehead atoms. The van der Waals surface area contributed by atoms with E-state index in [1.165, 1.54) is 31.3 Å². The number of nitriles is 1. The van der Waals surface area contributed by atoms with Gasteiger partial charge in [0.25, 0.3) is 5.91 Å². The Morgan fingerprint density at radius 2 is 1.94 bits per heavy atom. The van der Waals surface area contributed by atoms with E-state index in [-0.39, 0.29) is 35.6 Å². The molecular formula is C23H22FN5O5S. The smallest absolute Gasteiger partial charge is 0.410 e. The molecule has 3 N–H and O–H groups in total. The van der Waals surface area contributed by atoms with Crippen LogP contribution in [0.3, 0.4) is 0 Å². The summed E-state index contributed by atoms with van der Waals surface area (Å²) in [6, 6.07) is 7.11. The number of nitrogens with zero attached hydrogens (tertiary/aromatic N) is 3. The molecule has 35 heavy (non-hydrogen) atoms. The number of carboxylic acid groups (broad SMARTS) is 1. The highest BCUT2D eigenvalue weighted by Crippen LogP contribution is 2.47. The molecule has 2 heterocycles. The van der Waals surface area contributed by atoms with Crippen molar-refractivity contribution in [2.75, 3.05) is 11.1 Å². The van der Waals surface area contributed by atoms with Crippen LogP contribution >= 0.6 is 0 Å². The first-order valence-electron chi connectivity index (χ1n) is 10.7. The third-order valence-corrected chi connectivity index (χ3v) is 9.20. The van der Waals surface area contributed by atoms with Crippen LogP contribution in [0.1, 0.15) is 53.4 Å². The van der Waals surface area contributed by atoms with Crippen molar-refractivity contribution in [3.05, 3.63) is 58.7 Å². The van der Waals surface area contributed by atoms with Gasteiger partial charge in [-0.2, -0.15) is 5.26 Å². The fraction of sp³-hybridized carbons (Fsp3) is 0.348. The Morgan fingerprint density at radius 1 is 1.23 bits per heavy atom. The predicted octanol–water partition coefficient (Wildman–Crippen LogP) is 2.89. The fourth-order valence-corrected chi connectivity index (χ4v) is 7.08. The first-order chi connectivity index (χ1) is 16.4. The summed E-state index contributed by atoms with van der Waals surface area (Å²) in [5.74, 6) is -2.08. The number of carbonyl (C=O) groups excluding carboxylic acids is 1. The summed E-state index contributed by atoms with van der Waals surface area (Å²) in [5.41, 5.74) is -0.745. The number of amides is 2. The normalized spacial score (nSPS) is 21.8. The number of pyridine rings is 1. The van der Waals surface area contributed by atoms with Crippen LogP contribution in [0.4, 0.5) is 14.9 Å². The van der Waals surface area contributed by atoms with E-state index in [0.717, 1.165) is 6.07 Å². The molecule has 1 spiro atoms. The van der Waals surface area contributed by atoms with Crippen molar-refractivity contribution in [3.63, 3.8) is 0 Å². The van der Waals surface area contributed by atoms with Gasteiger partial charge in [0, 0.05) is 17.4 Å². The molecule has 1 aromatic carbocycles. The van der Waals surface area contributed by atoms with Crippen molar-refractivity contribution in [2.24, 2.45) is 4.99 Å². The van der Waals surface area contributed by atoms with Gasteiger partial charge < -0.3 is 10.4 Å². The number of benzene rings is 1. The van der Waals surface area contributed by atoms with Crippen molar-refractivity contribution >= 4 is 33.4 Å². The van der Waals surface area contributed by atoms with Gasteiger partial charge in [0.1, 0.15) is 33.7 Å². The van der Waals surface area contributed by atoms with Gasteiger partial charge in [0.2, 0.25) is 0 Å². The number of rotatable bonds is 3. The second-order valence-electron chi connectivity index (χ2n) is 8.92. The van der Waals surface area contributed by atoms with E-state index < -0.39 is 43.7 Å². The molecule has 2 aliphatic rings. The van der Waals surface area contributed by atoms with Gasteiger partial charge in [-0.05, 0) is 62.9 Å². The largest absolute Gasteiger partial charge is 0.465 e. The number of hydrogen-bond acceptors (Lipinski definition) is 7. The topological polar surface area (TPSA) is 162 Å². The minimum Gasteiger partial charge on any atom is -0.465 e. The van der Waals surface area contributed by atoms with Crippen LogP contribution in [0.25, 0.3) is 0 Å². The van der Waals surface area contributed by atoms with Gasteiger partial charge >= 0.3 is 6.09 Å². The molecule has 1 fully saturated rings. The molecular weight excluding hydrogens is 477 g/mol. The quantitative estimate of drug-likeness (QED) is 0.585. The molecule has 1 aliphatic heterocycles. The highest BCUT2D eigenvalue weighted by Gasteiger charge is 2.59. The van der Waals surface area contributed by atoms with Crippen LogP contribution in [0.5, 0.6) is 0 Å². The van der Waals surface area contributed by atoms with Gasteiger partial charge in [-0.3, -0.25) is 15.1 Å². The third kappa shape index (κ3) is 4.12. The number of nitrogens with one attached hydrogen (secondary N) is 2. The number of aliphatic imine (C=N–C) groups is 1. The monoisotopic (exact) mass is 499 g/mol. The van der Waals surface area contributed by atoms with Gasteiger partial charge in [-0.1, -0.05) is 0 Å². The highest BCUT2D eigenvalue weighted by atomic mass is 32.2. The SMILES string of the molecule is Cc1cc(C#N)cnc1C(=O)Nc1ccc(F)c(C2(C)CS(=O)(=O)C3(CCC3)C(NC(=O)O)=N2)c1.